The van der Waals surface area contributed by atoms with E-state index in [1.807, 2.05) is 0 Å². The number of hydrogen-bond donors (Lipinski definition) is 2. The van der Waals surface area contributed by atoms with Crippen molar-refractivity contribution in [1.82, 2.24) is 5.32 Å². The van der Waals surface area contributed by atoms with Gasteiger partial charge in [0, 0.05) is 6.42 Å². The fourth-order valence-corrected chi connectivity index (χ4v) is 2.30. The highest BCUT2D eigenvalue weighted by Crippen LogP contribution is 2.31. The van der Waals surface area contributed by atoms with Crippen LogP contribution in [-0.4, -0.2) is 29.5 Å². The highest BCUT2D eigenvalue weighted by Gasteiger charge is 2.29. The summed E-state index contributed by atoms with van der Waals surface area (Å²) in [6.45, 7) is 1.34. The van der Waals surface area contributed by atoms with E-state index >= 15 is 0 Å². The molecule has 6 nitrogen and oxygen atoms in total. The zero-order valence-electron chi connectivity index (χ0n) is 11.0. The number of nitrogens with one attached hydrogen (secondary N) is 1. The molecule has 0 aliphatic carbocycles. The number of ether oxygens (including phenoxy) is 1. The zero-order chi connectivity index (χ0) is 14.7. The van der Waals surface area contributed by atoms with Crippen molar-refractivity contribution in [2.75, 3.05) is 6.61 Å². The molecule has 20 heavy (non-hydrogen) atoms. The number of piperidine rings is 1. The van der Waals surface area contributed by atoms with Gasteiger partial charge in [-0.15, -0.1) is 0 Å². The molecule has 1 unspecified atom stereocenters. The fourth-order valence-electron chi connectivity index (χ4n) is 2.30. The van der Waals surface area contributed by atoms with Gasteiger partial charge in [-0.1, -0.05) is 12.1 Å². The predicted octanol–water partition coefficient (Wildman–Crippen LogP) is 0.979. The Morgan fingerprint density at radius 3 is 2.85 bits per heavy atom. The highest BCUT2D eigenvalue weighted by atomic mass is 16.5. The van der Waals surface area contributed by atoms with Crippen LogP contribution < -0.4 is 10.1 Å². The maximum Gasteiger partial charge on any atom is 0.341 e. The van der Waals surface area contributed by atoms with Crippen LogP contribution in [-0.2, 0) is 14.4 Å². The summed E-state index contributed by atoms with van der Waals surface area (Å²) in [5.74, 6) is -1.60. The molecule has 1 saturated heterocycles. The Balaban J connectivity index is 2.24. The Hall–Kier alpha value is -2.37. The Labute approximate surface area is 115 Å². The van der Waals surface area contributed by atoms with Crippen molar-refractivity contribution in [3.63, 3.8) is 0 Å². The molecule has 1 heterocycles. The normalized spacial score (nSPS) is 18.6. The molecule has 0 aromatic heterocycles. The minimum atomic E-state index is -1.06. The SMILES string of the molecule is Cc1c(OCC(=O)O)cccc1C1CCC(=O)NC1=O. The van der Waals surface area contributed by atoms with E-state index in [9.17, 15) is 14.4 Å². The van der Waals surface area contributed by atoms with Gasteiger partial charge in [0.2, 0.25) is 11.8 Å². The average molecular weight is 277 g/mol. The molecule has 1 aromatic rings. The van der Waals surface area contributed by atoms with E-state index in [1.165, 1.54) is 0 Å². The summed E-state index contributed by atoms with van der Waals surface area (Å²) >= 11 is 0. The van der Waals surface area contributed by atoms with Crippen molar-refractivity contribution < 1.29 is 24.2 Å². The molecule has 1 aliphatic heterocycles. The molecule has 1 atom stereocenters. The van der Waals surface area contributed by atoms with Crippen molar-refractivity contribution >= 4 is 17.8 Å². The van der Waals surface area contributed by atoms with E-state index in [4.69, 9.17) is 9.84 Å². The van der Waals surface area contributed by atoms with E-state index in [-0.39, 0.29) is 11.8 Å². The minimum absolute atomic E-state index is 0.262. The molecule has 6 heteroatoms. The van der Waals surface area contributed by atoms with Crippen LogP contribution in [0.1, 0.15) is 29.9 Å². The van der Waals surface area contributed by atoms with Crippen LogP contribution in [0.5, 0.6) is 5.75 Å². The number of rotatable bonds is 4. The Kier molecular flexibility index (Phi) is 4.02. The topological polar surface area (TPSA) is 92.7 Å². The number of hydrogen-bond acceptors (Lipinski definition) is 4. The molecule has 0 saturated carbocycles. The first kappa shape index (κ1) is 14.0. The largest absolute Gasteiger partial charge is 0.482 e. The first-order valence-corrected chi connectivity index (χ1v) is 6.27. The molecule has 106 valence electrons. The van der Waals surface area contributed by atoms with Crippen molar-refractivity contribution in [1.29, 1.82) is 0 Å². The lowest BCUT2D eigenvalue weighted by Gasteiger charge is -2.23. The zero-order valence-corrected chi connectivity index (χ0v) is 11.0. The molecule has 2 amide bonds. The van der Waals surface area contributed by atoms with Gasteiger partial charge in [0.05, 0.1) is 5.92 Å². The van der Waals surface area contributed by atoms with Gasteiger partial charge in [-0.2, -0.15) is 0 Å². The molecular formula is C14H15NO5. The van der Waals surface area contributed by atoms with Crippen LogP contribution in [0.15, 0.2) is 18.2 Å². The number of carbonyl (C=O) groups excluding carboxylic acids is 2. The third-order valence-corrected chi connectivity index (χ3v) is 3.29. The van der Waals surface area contributed by atoms with Gasteiger partial charge in [-0.05, 0) is 30.5 Å². The second-order valence-electron chi connectivity index (χ2n) is 4.66. The maximum atomic E-state index is 11.9. The quantitative estimate of drug-likeness (QED) is 0.800. The standard InChI is InChI=1S/C14H15NO5/c1-8-9(10-5-6-12(16)15-14(10)19)3-2-4-11(8)20-7-13(17)18/h2-4,10H,5-7H2,1H3,(H,17,18)(H,15,16,19). The first-order chi connectivity index (χ1) is 9.49. The molecule has 1 fully saturated rings. The molecule has 1 aromatic carbocycles. The van der Waals surface area contributed by atoms with Crippen LogP contribution in [0, 0.1) is 6.92 Å². The monoisotopic (exact) mass is 277 g/mol. The lowest BCUT2D eigenvalue weighted by molar-refractivity contribution is -0.139. The van der Waals surface area contributed by atoms with Crippen LogP contribution in [0.3, 0.4) is 0 Å². The molecule has 2 rings (SSSR count). The number of benzene rings is 1. The Morgan fingerprint density at radius 2 is 2.20 bits per heavy atom. The van der Waals surface area contributed by atoms with Gasteiger partial charge in [0.1, 0.15) is 5.75 Å². The molecule has 1 aliphatic rings. The first-order valence-electron chi connectivity index (χ1n) is 6.27. The number of carbonyl (C=O) groups is 3. The summed E-state index contributed by atoms with van der Waals surface area (Å²) in [5.41, 5.74) is 1.49. The van der Waals surface area contributed by atoms with Crippen LogP contribution in [0.25, 0.3) is 0 Å². The summed E-state index contributed by atoms with van der Waals surface area (Å²) < 4.78 is 5.19. The van der Waals surface area contributed by atoms with Crippen molar-refractivity contribution in [3.05, 3.63) is 29.3 Å². The van der Waals surface area contributed by atoms with Crippen LogP contribution in [0.4, 0.5) is 0 Å². The Morgan fingerprint density at radius 1 is 1.45 bits per heavy atom. The smallest absolute Gasteiger partial charge is 0.341 e. The van der Waals surface area contributed by atoms with Gasteiger partial charge in [-0.25, -0.2) is 4.79 Å². The van der Waals surface area contributed by atoms with Crippen LogP contribution >= 0.6 is 0 Å². The van der Waals surface area contributed by atoms with E-state index in [0.717, 1.165) is 11.1 Å². The number of amides is 2. The number of carboxylic acids is 1. The van der Waals surface area contributed by atoms with Gasteiger partial charge in [-0.3, -0.25) is 14.9 Å². The summed E-state index contributed by atoms with van der Waals surface area (Å²) in [6, 6.07) is 5.17. The van der Waals surface area contributed by atoms with Gasteiger partial charge in [0.25, 0.3) is 0 Å². The van der Waals surface area contributed by atoms with Gasteiger partial charge >= 0.3 is 5.97 Å². The third-order valence-electron chi connectivity index (χ3n) is 3.29. The molecular weight excluding hydrogens is 262 g/mol. The van der Waals surface area contributed by atoms with Gasteiger partial charge in [0.15, 0.2) is 6.61 Å². The molecule has 0 radical (unpaired) electrons. The lowest BCUT2D eigenvalue weighted by atomic mass is 9.87. The number of carboxylic acid groups (broad SMARTS) is 1. The summed E-state index contributed by atoms with van der Waals surface area (Å²) in [5, 5.41) is 10.9. The second-order valence-corrected chi connectivity index (χ2v) is 4.66. The van der Waals surface area contributed by atoms with Crippen molar-refractivity contribution in [2.24, 2.45) is 0 Å². The highest BCUT2D eigenvalue weighted by molar-refractivity contribution is 6.01. The van der Waals surface area contributed by atoms with Crippen LogP contribution in [0.2, 0.25) is 0 Å². The van der Waals surface area contributed by atoms with Crippen molar-refractivity contribution in [2.45, 2.75) is 25.7 Å². The third kappa shape index (κ3) is 2.96. The Bertz CT molecular complexity index is 567. The summed E-state index contributed by atoms with van der Waals surface area (Å²) in [4.78, 5) is 33.6. The average Bonchev–Trinajstić information content (AvgIpc) is 2.38. The van der Waals surface area contributed by atoms with E-state index in [0.29, 0.717) is 18.6 Å². The van der Waals surface area contributed by atoms with E-state index < -0.39 is 18.5 Å². The molecule has 0 bridgehead atoms. The lowest BCUT2D eigenvalue weighted by Crippen LogP contribution is -2.39. The minimum Gasteiger partial charge on any atom is -0.482 e. The maximum absolute atomic E-state index is 11.9. The molecule has 0 spiro atoms. The number of imide groups is 1. The van der Waals surface area contributed by atoms with Gasteiger partial charge < -0.3 is 9.84 Å². The fraction of sp³-hybridized carbons (Fsp3) is 0.357. The van der Waals surface area contributed by atoms with E-state index in [1.54, 1.807) is 25.1 Å². The predicted molar refractivity (Wildman–Crippen MR) is 69.4 cm³/mol. The van der Waals surface area contributed by atoms with E-state index in [2.05, 4.69) is 5.32 Å². The molecule has 2 N–H and O–H groups in total. The summed E-state index contributed by atoms with van der Waals surface area (Å²) in [6.07, 6.45) is 0.754. The number of aliphatic carboxylic acids is 1. The van der Waals surface area contributed by atoms with Crippen molar-refractivity contribution in [3.8, 4) is 5.75 Å². The second kappa shape index (κ2) is 5.73. The summed E-state index contributed by atoms with van der Waals surface area (Å²) in [7, 11) is 0.